The van der Waals surface area contributed by atoms with Gasteiger partial charge in [-0.15, -0.1) is 0 Å². The first-order valence-electron chi connectivity index (χ1n) is 11.0. The molecule has 0 saturated carbocycles. The Hall–Kier alpha value is -3.69. The van der Waals surface area contributed by atoms with Crippen LogP contribution in [0.15, 0.2) is 76.4 Å². The highest BCUT2D eigenvalue weighted by Crippen LogP contribution is 2.32. The van der Waals surface area contributed by atoms with Gasteiger partial charge in [-0.05, 0) is 46.8 Å². The van der Waals surface area contributed by atoms with Crippen LogP contribution >= 0.6 is 24.0 Å². The van der Waals surface area contributed by atoms with E-state index >= 15 is 0 Å². The summed E-state index contributed by atoms with van der Waals surface area (Å²) in [5.74, 6) is 1.09. The molecule has 2 heterocycles. The summed E-state index contributed by atoms with van der Waals surface area (Å²) in [4.78, 5) is 21.7. The first-order valence-corrected chi connectivity index (χ1v) is 12.4. The van der Waals surface area contributed by atoms with E-state index in [1.165, 1.54) is 7.11 Å². The number of thioether (sulfide) groups is 1. The molecule has 3 aromatic carbocycles. The predicted molar refractivity (Wildman–Crippen MR) is 139 cm³/mol. The maximum absolute atomic E-state index is 12.5. The molecule has 0 aliphatic carbocycles. The van der Waals surface area contributed by atoms with Gasteiger partial charge in [-0.1, -0.05) is 73.3 Å². The largest absolute Gasteiger partial charge is 0.465 e. The number of H-pyrrole nitrogens is 1. The highest BCUT2D eigenvalue weighted by Gasteiger charge is 2.19. The molecule has 0 atom stereocenters. The molecular formula is C26H22N4O3S2. The first kappa shape index (κ1) is 23.1. The summed E-state index contributed by atoms with van der Waals surface area (Å²) < 4.78 is 12.2. The molecule has 176 valence electrons. The molecule has 2 aromatic heterocycles. The summed E-state index contributed by atoms with van der Waals surface area (Å²) in [6, 6.07) is 21.8. The smallest absolute Gasteiger partial charge is 0.340 e. The second-order valence-electron chi connectivity index (χ2n) is 7.75. The first-order chi connectivity index (χ1) is 17.1. The lowest BCUT2D eigenvalue weighted by molar-refractivity contribution is 0.0602. The number of hydrogen-bond donors (Lipinski definition) is 1. The average molecular weight is 503 g/mol. The van der Waals surface area contributed by atoms with Crippen molar-refractivity contribution in [2.75, 3.05) is 12.9 Å². The van der Waals surface area contributed by atoms with Gasteiger partial charge < -0.3 is 13.8 Å². The minimum Gasteiger partial charge on any atom is -0.465 e. The van der Waals surface area contributed by atoms with Crippen LogP contribution in [0.3, 0.4) is 0 Å². The molecule has 9 heteroatoms. The molecule has 0 bridgehead atoms. The molecule has 0 aliphatic rings. The number of aromatic amines is 1. The number of benzene rings is 3. The van der Waals surface area contributed by atoms with Gasteiger partial charge >= 0.3 is 10.8 Å². The zero-order valence-corrected chi connectivity index (χ0v) is 20.8. The second-order valence-corrected chi connectivity index (χ2v) is 9.33. The van der Waals surface area contributed by atoms with E-state index in [0.717, 1.165) is 44.2 Å². The van der Waals surface area contributed by atoms with E-state index in [9.17, 15) is 4.79 Å². The molecule has 0 aliphatic heterocycles. The van der Waals surface area contributed by atoms with Crippen LogP contribution in [-0.2, 0) is 11.3 Å². The minimum atomic E-state index is -0.372. The lowest BCUT2D eigenvalue weighted by Crippen LogP contribution is -2.07. The van der Waals surface area contributed by atoms with E-state index in [2.05, 4.69) is 45.9 Å². The van der Waals surface area contributed by atoms with Crippen molar-refractivity contribution >= 4 is 41.0 Å². The summed E-state index contributed by atoms with van der Waals surface area (Å²) in [6.07, 6.45) is 0. The predicted octanol–water partition coefficient (Wildman–Crippen LogP) is 6.36. The van der Waals surface area contributed by atoms with Crippen LogP contribution < -0.4 is 0 Å². The summed E-state index contributed by atoms with van der Waals surface area (Å²) in [5, 5.41) is 3.66. The Labute approximate surface area is 211 Å². The Morgan fingerprint density at radius 2 is 1.83 bits per heavy atom. The summed E-state index contributed by atoms with van der Waals surface area (Å²) in [6.45, 7) is 2.66. The number of rotatable bonds is 7. The van der Waals surface area contributed by atoms with Gasteiger partial charge in [-0.25, -0.2) is 14.9 Å². The van der Waals surface area contributed by atoms with Crippen LogP contribution in [0.4, 0.5) is 0 Å². The number of nitrogens with zero attached hydrogens (tertiary/aromatic N) is 3. The Morgan fingerprint density at radius 3 is 2.51 bits per heavy atom. The Bertz CT molecular complexity index is 1570. The molecule has 0 spiro atoms. The van der Waals surface area contributed by atoms with Crippen molar-refractivity contribution in [3.8, 4) is 22.5 Å². The number of ether oxygens (including phenoxy) is 1. The van der Waals surface area contributed by atoms with Gasteiger partial charge in [-0.3, -0.25) is 0 Å². The van der Waals surface area contributed by atoms with E-state index in [-0.39, 0.29) is 10.8 Å². The van der Waals surface area contributed by atoms with Crippen molar-refractivity contribution in [2.45, 2.75) is 18.6 Å². The Balaban J connectivity index is 1.53. The molecule has 1 N–H and O–H groups in total. The molecule has 5 rings (SSSR count). The average Bonchev–Trinajstić information content (AvgIpc) is 3.47. The third-order valence-electron chi connectivity index (χ3n) is 5.64. The van der Waals surface area contributed by atoms with Crippen molar-refractivity contribution in [1.82, 2.24) is 19.7 Å². The van der Waals surface area contributed by atoms with Crippen molar-refractivity contribution in [2.24, 2.45) is 0 Å². The fourth-order valence-corrected chi connectivity index (χ4v) is 4.95. The van der Waals surface area contributed by atoms with E-state index in [0.29, 0.717) is 17.9 Å². The third kappa shape index (κ3) is 4.52. The van der Waals surface area contributed by atoms with E-state index in [1.54, 1.807) is 17.8 Å². The summed E-state index contributed by atoms with van der Waals surface area (Å²) in [5.41, 5.74) is 6.12. The van der Waals surface area contributed by atoms with Crippen molar-refractivity contribution < 1.29 is 14.1 Å². The number of hydrogen-bond acceptors (Lipinski definition) is 7. The normalized spacial score (nSPS) is 11.1. The number of para-hydroxylation sites is 1. The quantitative estimate of drug-likeness (QED) is 0.157. The van der Waals surface area contributed by atoms with E-state index in [1.807, 2.05) is 36.4 Å². The molecule has 0 amide bonds. The highest BCUT2D eigenvalue weighted by atomic mass is 32.2. The zero-order valence-electron chi connectivity index (χ0n) is 19.1. The van der Waals surface area contributed by atoms with Gasteiger partial charge in [0.25, 0.3) is 0 Å². The summed E-state index contributed by atoms with van der Waals surface area (Å²) >= 11 is 6.66. The maximum atomic E-state index is 12.5. The van der Waals surface area contributed by atoms with Crippen LogP contribution in [0.5, 0.6) is 0 Å². The van der Waals surface area contributed by atoms with Crippen LogP contribution in [0.25, 0.3) is 33.5 Å². The number of nitrogens with one attached hydrogen (secondary N) is 1. The molecule has 0 fully saturated rings. The molecule has 0 unspecified atom stereocenters. The third-order valence-corrected chi connectivity index (χ3v) is 6.67. The monoisotopic (exact) mass is 502 g/mol. The van der Waals surface area contributed by atoms with Gasteiger partial charge in [0.2, 0.25) is 0 Å². The zero-order chi connectivity index (χ0) is 24.4. The lowest BCUT2D eigenvalue weighted by Gasteiger charge is -2.12. The lowest BCUT2D eigenvalue weighted by atomic mass is 9.98. The minimum absolute atomic E-state index is 0.171. The van der Waals surface area contributed by atoms with Crippen LogP contribution in [-0.4, -0.2) is 38.5 Å². The number of imidazole rings is 1. The fraction of sp³-hybridized carbons (Fsp3) is 0.154. The number of carbonyl (C=O) groups is 1. The van der Waals surface area contributed by atoms with Gasteiger partial charge in [0.15, 0.2) is 11.0 Å². The molecule has 0 saturated heterocycles. The highest BCUT2D eigenvalue weighted by molar-refractivity contribution is 7.99. The van der Waals surface area contributed by atoms with Crippen molar-refractivity contribution in [3.63, 3.8) is 0 Å². The van der Waals surface area contributed by atoms with Gasteiger partial charge in [0, 0.05) is 5.56 Å². The molecule has 35 heavy (non-hydrogen) atoms. The molecule has 5 aromatic rings. The Morgan fingerprint density at radius 1 is 1.06 bits per heavy atom. The molecule has 7 nitrogen and oxygen atoms in total. The molecule has 0 radical (unpaired) electrons. The van der Waals surface area contributed by atoms with Gasteiger partial charge in [-0.2, -0.15) is 4.98 Å². The van der Waals surface area contributed by atoms with Crippen molar-refractivity contribution in [3.05, 3.63) is 82.7 Å². The number of carbonyl (C=O) groups excluding carboxylic acids is 1. The number of fused-ring (bicyclic) bond motifs is 1. The topological polar surface area (TPSA) is 85.9 Å². The van der Waals surface area contributed by atoms with Crippen LogP contribution in [0, 0.1) is 4.84 Å². The molecular weight excluding hydrogens is 480 g/mol. The van der Waals surface area contributed by atoms with Gasteiger partial charge in [0.05, 0.1) is 30.3 Å². The van der Waals surface area contributed by atoms with Gasteiger partial charge in [0.1, 0.15) is 0 Å². The SMILES string of the molecule is CCSc1nc2cccc(C(=O)OC)c2n1Cc1ccc(-c2ccccc2-c2nc(=S)o[nH]2)cc1. The summed E-state index contributed by atoms with van der Waals surface area (Å²) in [7, 11) is 1.40. The van der Waals surface area contributed by atoms with Crippen LogP contribution in [0.1, 0.15) is 22.8 Å². The number of esters is 1. The standard InChI is InChI=1S/C26H22N4O3S2/c1-3-35-25-27-21-10-6-9-20(24(31)32-2)22(21)30(25)15-16-11-13-17(14-12-16)18-7-4-5-8-19(18)23-28-26(34)33-29-23/h4-14H,3,15H2,1-2H3,(H,28,29,34). The maximum Gasteiger partial charge on any atom is 0.340 e. The second kappa shape index (κ2) is 9.89. The number of methoxy groups -OCH3 is 1. The Kier molecular flexibility index (Phi) is 6.52. The van der Waals surface area contributed by atoms with Crippen molar-refractivity contribution in [1.29, 1.82) is 0 Å². The fourth-order valence-electron chi connectivity index (χ4n) is 4.08. The number of aromatic nitrogens is 4. The van der Waals surface area contributed by atoms with E-state index in [4.69, 9.17) is 26.5 Å². The van der Waals surface area contributed by atoms with E-state index < -0.39 is 0 Å². The van der Waals surface area contributed by atoms with Crippen LogP contribution in [0.2, 0.25) is 0 Å².